The normalized spacial score (nSPS) is 23.8. The summed E-state index contributed by atoms with van der Waals surface area (Å²) in [7, 11) is -3.48. The van der Waals surface area contributed by atoms with Crippen molar-refractivity contribution in [2.75, 3.05) is 19.8 Å². The highest BCUT2D eigenvalue weighted by molar-refractivity contribution is 7.92. The summed E-state index contributed by atoms with van der Waals surface area (Å²) in [5.74, 6) is -0.715. The van der Waals surface area contributed by atoms with Gasteiger partial charge in [0.25, 0.3) is 0 Å². The second-order valence-electron chi connectivity index (χ2n) is 8.94. The van der Waals surface area contributed by atoms with Crippen molar-refractivity contribution in [3.63, 3.8) is 0 Å². The van der Waals surface area contributed by atoms with Crippen molar-refractivity contribution in [2.45, 2.75) is 98.9 Å². The minimum atomic E-state index is -3.48. The maximum absolute atomic E-state index is 13.8. The predicted octanol–water partition coefficient (Wildman–Crippen LogP) is 5.02. The maximum Gasteiger partial charge on any atom is 0.184 e. The molecule has 1 N–H and O–H groups in total. The van der Waals surface area contributed by atoms with Crippen molar-refractivity contribution in [1.29, 1.82) is 0 Å². The molecule has 0 amide bonds. The number of hydrogen-bond donors (Lipinski definition) is 1. The third-order valence-corrected chi connectivity index (χ3v) is 9.34. The smallest absolute Gasteiger partial charge is 0.184 e. The molecule has 6 heteroatoms. The molecule has 2 aliphatic rings. The van der Waals surface area contributed by atoms with Crippen LogP contribution in [0.2, 0.25) is 0 Å². The first-order chi connectivity index (χ1) is 14.5. The molecular weight excluding hydrogens is 400 g/mol. The molecule has 3 rings (SSSR count). The van der Waals surface area contributed by atoms with Gasteiger partial charge in [-0.25, -0.2) is 8.42 Å². The molecule has 1 spiro atoms. The number of aliphatic hydroxyl groups excluding tert-OH is 1. The van der Waals surface area contributed by atoms with Gasteiger partial charge in [-0.15, -0.1) is 0 Å². The fraction of sp³-hybridized carbons (Fsp3) is 0.750. The molecule has 1 saturated heterocycles. The zero-order valence-corrected chi connectivity index (χ0v) is 19.0. The monoisotopic (exact) mass is 438 g/mol. The van der Waals surface area contributed by atoms with Crippen molar-refractivity contribution in [1.82, 2.24) is 0 Å². The third kappa shape index (κ3) is 5.64. The van der Waals surface area contributed by atoms with Gasteiger partial charge >= 0.3 is 0 Å². The van der Waals surface area contributed by atoms with E-state index in [4.69, 9.17) is 14.6 Å². The zero-order valence-electron chi connectivity index (χ0n) is 18.2. The Morgan fingerprint density at radius 3 is 2.07 bits per heavy atom. The molecule has 0 aromatic heterocycles. The van der Waals surface area contributed by atoms with Crippen LogP contribution < -0.4 is 0 Å². The minimum Gasteiger partial charge on any atom is -0.396 e. The SMILES string of the molecule is O=S(=O)(c1ccccc1)C1(CCCCCCCCCCO)CCCC2(C1)OCCO2. The minimum absolute atomic E-state index is 0.285. The lowest BCUT2D eigenvalue weighted by atomic mass is 9.80. The Bertz CT molecular complexity index is 727. The maximum atomic E-state index is 13.8. The van der Waals surface area contributed by atoms with Crippen LogP contribution >= 0.6 is 0 Å². The number of benzene rings is 1. The van der Waals surface area contributed by atoms with E-state index in [0.29, 0.717) is 37.4 Å². The molecular formula is C24H38O5S. The lowest BCUT2D eigenvalue weighted by Crippen LogP contribution is -2.51. The van der Waals surface area contributed by atoms with E-state index in [1.54, 1.807) is 24.3 Å². The molecule has 0 bridgehead atoms. The van der Waals surface area contributed by atoms with E-state index in [1.165, 1.54) is 19.3 Å². The summed E-state index contributed by atoms with van der Waals surface area (Å²) < 4.78 is 38.7. The Kier molecular flexibility index (Phi) is 8.75. The van der Waals surface area contributed by atoms with Crippen LogP contribution in [0, 0.1) is 0 Å². The standard InChI is InChI=1S/C24H38O5S/c25-18-11-6-4-2-1-3-5-10-15-23(30(26,27)22-13-8-7-9-14-22)16-12-17-24(21-23)28-19-20-29-24/h7-9,13-14,25H,1-6,10-12,15-21H2. The van der Waals surface area contributed by atoms with Crippen LogP contribution in [0.1, 0.15) is 83.5 Å². The Morgan fingerprint density at radius 2 is 1.43 bits per heavy atom. The first-order valence-electron chi connectivity index (χ1n) is 11.7. The van der Waals surface area contributed by atoms with E-state index in [9.17, 15) is 8.42 Å². The van der Waals surface area contributed by atoms with Gasteiger partial charge in [-0.2, -0.15) is 0 Å². The lowest BCUT2D eigenvalue weighted by Gasteiger charge is -2.44. The molecule has 1 unspecified atom stereocenters. The number of rotatable bonds is 12. The molecule has 30 heavy (non-hydrogen) atoms. The number of hydrogen-bond acceptors (Lipinski definition) is 5. The molecule has 170 valence electrons. The van der Waals surface area contributed by atoms with Crippen LogP contribution in [0.5, 0.6) is 0 Å². The summed E-state index contributed by atoms with van der Waals surface area (Å²) in [4.78, 5) is 0.420. The second-order valence-corrected chi connectivity index (χ2v) is 11.3. The summed E-state index contributed by atoms with van der Waals surface area (Å²) >= 11 is 0. The Labute approximate surface area is 182 Å². The number of sulfone groups is 1. The number of aliphatic hydroxyl groups is 1. The topological polar surface area (TPSA) is 72.8 Å². The van der Waals surface area contributed by atoms with Crippen LogP contribution in [-0.4, -0.2) is 43.9 Å². The van der Waals surface area contributed by atoms with Crippen molar-refractivity contribution >= 4 is 9.84 Å². The van der Waals surface area contributed by atoms with Crippen LogP contribution in [-0.2, 0) is 19.3 Å². The van der Waals surface area contributed by atoms with E-state index in [-0.39, 0.29) is 6.61 Å². The van der Waals surface area contributed by atoms with Gasteiger partial charge < -0.3 is 14.6 Å². The quantitative estimate of drug-likeness (QED) is 0.464. The van der Waals surface area contributed by atoms with Crippen LogP contribution in [0.25, 0.3) is 0 Å². The first-order valence-corrected chi connectivity index (χ1v) is 13.2. The lowest BCUT2D eigenvalue weighted by molar-refractivity contribution is -0.183. The van der Waals surface area contributed by atoms with E-state index >= 15 is 0 Å². The highest BCUT2D eigenvalue weighted by Crippen LogP contribution is 2.49. The van der Waals surface area contributed by atoms with Gasteiger partial charge in [-0.1, -0.05) is 63.1 Å². The van der Waals surface area contributed by atoms with E-state index in [0.717, 1.165) is 44.9 Å². The average molecular weight is 439 g/mol. The molecule has 5 nitrogen and oxygen atoms in total. The molecule has 1 aromatic carbocycles. The number of ether oxygens (including phenoxy) is 2. The summed E-state index contributed by atoms with van der Waals surface area (Å²) in [5.41, 5.74) is 0. The predicted molar refractivity (Wildman–Crippen MR) is 118 cm³/mol. The second kappa shape index (κ2) is 11.1. The van der Waals surface area contributed by atoms with Gasteiger partial charge in [0.05, 0.1) is 22.9 Å². The molecule has 1 heterocycles. The molecule has 0 radical (unpaired) electrons. The first kappa shape index (κ1) is 23.7. The fourth-order valence-corrected chi connectivity index (χ4v) is 7.39. The highest BCUT2D eigenvalue weighted by Gasteiger charge is 2.54. The van der Waals surface area contributed by atoms with E-state index < -0.39 is 20.4 Å². The third-order valence-electron chi connectivity index (χ3n) is 6.76. The van der Waals surface area contributed by atoms with Gasteiger partial charge in [-0.05, 0) is 37.8 Å². The van der Waals surface area contributed by atoms with Crippen molar-refractivity contribution in [3.05, 3.63) is 30.3 Å². The molecule has 1 saturated carbocycles. The summed E-state index contributed by atoms with van der Waals surface area (Å²) in [6, 6.07) is 8.91. The van der Waals surface area contributed by atoms with Crippen LogP contribution in [0.3, 0.4) is 0 Å². The Hall–Kier alpha value is -0.950. The summed E-state index contributed by atoms with van der Waals surface area (Å²) in [5, 5.41) is 8.84. The van der Waals surface area contributed by atoms with Gasteiger partial charge in [0.1, 0.15) is 0 Å². The van der Waals surface area contributed by atoms with E-state index in [2.05, 4.69) is 0 Å². The Morgan fingerprint density at radius 1 is 0.833 bits per heavy atom. The fourth-order valence-electron chi connectivity index (χ4n) is 5.14. The van der Waals surface area contributed by atoms with Gasteiger partial charge in [0.15, 0.2) is 15.6 Å². The van der Waals surface area contributed by atoms with E-state index in [1.807, 2.05) is 6.07 Å². The molecule has 1 aliphatic heterocycles. The highest BCUT2D eigenvalue weighted by atomic mass is 32.2. The van der Waals surface area contributed by atoms with Crippen molar-refractivity contribution in [3.8, 4) is 0 Å². The molecule has 1 aromatic rings. The Balaban J connectivity index is 1.64. The average Bonchev–Trinajstić information content (AvgIpc) is 3.20. The summed E-state index contributed by atoms with van der Waals surface area (Å²) in [6.07, 6.45) is 12.0. The van der Waals surface area contributed by atoms with Gasteiger partial charge in [0.2, 0.25) is 0 Å². The molecule has 2 fully saturated rings. The number of unbranched alkanes of at least 4 members (excludes halogenated alkanes) is 7. The molecule has 1 aliphatic carbocycles. The van der Waals surface area contributed by atoms with Crippen LogP contribution in [0.4, 0.5) is 0 Å². The largest absolute Gasteiger partial charge is 0.396 e. The van der Waals surface area contributed by atoms with Gasteiger partial charge in [0, 0.05) is 19.4 Å². The van der Waals surface area contributed by atoms with Crippen molar-refractivity contribution in [2.24, 2.45) is 0 Å². The zero-order chi connectivity index (χ0) is 21.3. The van der Waals surface area contributed by atoms with Crippen LogP contribution in [0.15, 0.2) is 35.2 Å². The van der Waals surface area contributed by atoms with Crippen molar-refractivity contribution < 1.29 is 23.0 Å². The molecule has 1 atom stereocenters. The summed E-state index contributed by atoms with van der Waals surface area (Å²) in [6.45, 7) is 1.39. The van der Waals surface area contributed by atoms with Gasteiger partial charge in [-0.3, -0.25) is 0 Å².